The van der Waals surface area contributed by atoms with Crippen molar-refractivity contribution in [3.63, 3.8) is 0 Å². The summed E-state index contributed by atoms with van der Waals surface area (Å²) in [6.45, 7) is 3.84. The molecule has 8 aromatic carbocycles. The zero-order valence-electron chi connectivity index (χ0n) is 55.5. The smallest absolute Gasteiger partial charge is 0.251 e. The van der Waals surface area contributed by atoms with Gasteiger partial charge in [-0.1, -0.05) is 36.4 Å². The van der Waals surface area contributed by atoms with Crippen LogP contribution in [0.3, 0.4) is 0 Å². The monoisotopic (exact) mass is 1600 g/mol. The number of carbonyl (C=O) groups is 8. The summed E-state index contributed by atoms with van der Waals surface area (Å²) in [5.74, 6) is 2.42. The van der Waals surface area contributed by atoms with Gasteiger partial charge >= 0.3 is 0 Å². The van der Waals surface area contributed by atoms with Crippen molar-refractivity contribution in [2.24, 2.45) is 0 Å². The number of amides is 8. The molecule has 0 spiro atoms. The zero-order chi connectivity index (χ0) is 74.3. The van der Waals surface area contributed by atoms with E-state index in [1.807, 2.05) is 60.7 Å². The third-order valence-electron chi connectivity index (χ3n) is 14.4. The first kappa shape index (κ1) is 86.4. The highest BCUT2D eigenvalue weighted by Crippen LogP contribution is 2.20. The Labute approximate surface area is 663 Å². The minimum absolute atomic E-state index is 0.112. The van der Waals surface area contributed by atoms with Crippen LogP contribution in [-0.2, 0) is 34.5 Å². The quantitative estimate of drug-likeness (QED) is 0.0152. The molecule has 0 saturated heterocycles. The van der Waals surface area contributed by atoms with Gasteiger partial charge in [-0.25, -0.2) is 0 Å². The van der Waals surface area contributed by atoms with E-state index in [4.69, 9.17) is 0 Å². The lowest BCUT2D eigenvalue weighted by Gasteiger charge is -2.10. The summed E-state index contributed by atoms with van der Waals surface area (Å²) in [6.07, 6.45) is 2.57. The second kappa shape index (κ2) is 48.0. The molecule has 8 N–H and O–H groups in total. The Morgan fingerprint density at radius 2 is 0.373 bits per heavy atom. The third-order valence-corrected chi connectivity index (χ3v) is 18.3. The standard InChI is InChI=1S/C21H26N2O2S4.C19H22N2O2S2.C17H18N2O2S4.C17H18N2O2S2/c24-20(18-6-14(10-26)4-15(7-18)11-27)22-2-1-3-23-21(25)19-8-16(12-28)5-17(9-19)13-29;22-18(16-6-2-14(12-24)3-7-16)20-10-1-11-21-19(23)17-8-4-15(13-25)5-9-17;20-16(10-4-12(22)8-13(23)5-10)18-2-1-3-19-17(21)11-6-14(24)9-15(25)7-11;20-16(12-2-6-14(22)7-3-12)18-10-1-11-19-17(21)13-4-8-15(23)9-5-13/h4-9,26-29H,1-3,10-13H2,(H,22,24)(H,23,25);2-9,24-25H,1,10-13H2,(H,20,22)(H,21,23);4-9,22-25H,1-3H2,(H,18,20)(H,19,21);2-9,22-23H,1,10-11H2,(H,18,20)(H,19,21). The Morgan fingerprint density at radius 1 is 0.196 bits per heavy atom. The number of hydrogen-bond donors (Lipinski definition) is 20. The summed E-state index contributed by atoms with van der Waals surface area (Å²) in [4.78, 5) is 101. The van der Waals surface area contributed by atoms with E-state index in [9.17, 15) is 38.4 Å². The maximum absolute atomic E-state index is 12.4. The van der Waals surface area contributed by atoms with Gasteiger partial charge in [-0.2, -0.15) is 75.8 Å². The van der Waals surface area contributed by atoms with E-state index < -0.39 is 0 Å². The van der Waals surface area contributed by atoms with Gasteiger partial charge in [-0.05, 0) is 193 Å². The molecule has 0 saturated carbocycles. The molecule has 0 aliphatic carbocycles. The topological polar surface area (TPSA) is 233 Å². The maximum atomic E-state index is 12.4. The van der Waals surface area contributed by atoms with Gasteiger partial charge in [0, 0.05) is 161 Å². The van der Waals surface area contributed by atoms with Crippen LogP contribution in [0.25, 0.3) is 0 Å². The predicted octanol–water partition coefficient (Wildman–Crippen LogP) is 13.3. The molecule has 0 aliphatic rings. The van der Waals surface area contributed by atoms with Crippen LogP contribution < -0.4 is 42.5 Å². The van der Waals surface area contributed by atoms with Gasteiger partial charge < -0.3 is 42.5 Å². The molecule has 102 heavy (non-hydrogen) atoms. The Morgan fingerprint density at radius 3 is 0.569 bits per heavy atom. The molecule has 0 radical (unpaired) electrons. The molecule has 0 bridgehead atoms. The highest BCUT2D eigenvalue weighted by atomic mass is 32.1. The fourth-order valence-corrected chi connectivity index (χ4v) is 11.9. The van der Waals surface area contributed by atoms with Crippen LogP contribution in [0, 0.1) is 0 Å². The van der Waals surface area contributed by atoms with E-state index in [1.54, 1.807) is 109 Å². The van der Waals surface area contributed by atoms with Crippen LogP contribution >= 0.6 is 152 Å². The van der Waals surface area contributed by atoms with E-state index in [0.29, 0.717) is 177 Å². The van der Waals surface area contributed by atoms with E-state index in [2.05, 4.69) is 194 Å². The minimum atomic E-state index is -0.194. The third kappa shape index (κ3) is 32.4. The average Bonchev–Trinajstić information content (AvgIpc) is 0.863. The predicted molar refractivity (Wildman–Crippen MR) is 448 cm³/mol. The molecule has 16 nitrogen and oxygen atoms in total. The molecule has 8 amide bonds. The number of rotatable bonds is 30. The number of thiol groups is 12. The summed E-state index contributed by atoms with van der Waals surface area (Å²) >= 11 is 50.8. The fraction of sp³-hybridized carbons (Fsp3) is 0.243. The Hall–Kier alpha value is -6.28. The summed E-state index contributed by atoms with van der Waals surface area (Å²) in [5.41, 5.74) is 10.8. The molecular formula is C74H84N8O8S12. The van der Waals surface area contributed by atoms with Crippen molar-refractivity contribution in [2.45, 2.75) is 89.6 Å². The molecule has 0 aliphatic heterocycles. The van der Waals surface area contributed by atoms with Crippen LogP contribution in [-0.4, -0.2) is 99.6 Å². The van der Waals surface area contributed by atoms with Gasteiger partial charge in [0.1, 0.15) is 0 Å². The first-order valence-electron chi connectivity index (χ1n) is 32.0. The molecule has 0 aromatic heterocycles. The summed E-state index contributed by atoms with van der Waals surface area (Å²) in [5, 5.41) is 22.7. The van der Waals surface area contributed by atoms with E-state index >= 15 is 0 Å². The molecular weight excluding hydrogens is 1510 g/mol. The molecule has 8 rings (SSSR count). The zero-order valence-corrected chi connectivity index (χ0v) is 66.3. The molecule has 8 aromatic rings. The Balaban J connectivity index is 0.000000246. The molecule has 540 valence electrons. The van der Waals surface area contributed by atoms with Crippen LogP contribution in [0.4, 0.5) is 0 Å². The van der Waals surface area contributed by atoms with Crippen molar-refractivity contribution in [2.75, 3.05) is 52.4 Å². The molecule has 0 fully saturated rings. The van der Waals surface area contributed by atoms with E-state index in [0.717, 1.165) is 43.2 Å². The number of nitrogens with one attached hydrogen (secondary N) is 8. The largest absolute Gasteiger partial charge is 0.352 e. The van der Waals surface area contributed by atoms with Crippen molar-refractivity contribution < 1.29 is 38.4 Å². The van der Waals surface area contributed by atoms with Crippen LogP contribution in [0.1, 0.15) is 142 Å². The Bertz CT molecular complexity index is 3720. The van der Waals surface area contributed by atoms with Gasteiger partial charge in [0.05, 0.1) is 0 Å². The second-order valence-electron chi connectivity index (χ2n) is 22.5. The number of hydrogen-bond acceptors (Lipinski definition) is 20. The first-order chi connectivity index (χ1) is 49.0. The summed E-state index contributed by atoms with van der Waals surface area (Å²) < 4.78 is 0. The minimum Gasteiger partial charge on any atom is -0.352 e. The SMILES string of the molecule is O=C(NCCCNC(=O)c1cc(CS)cc(CS)c1)c1cc(CS)cc(CS)c1.O=C(NCCCNC(=O)c1cc(S)cc(S)c1)c1cc(S)cc(S)c1.O=C(NCCCNC(=O)c1ccc(CS)cc1)c1ccc(CS)cc1.O=C(NCCCNC(=O)c1ccc(S)cc1)c1ccc(S)cc1. The van der Waals surface area contributed by atoms with Crippen molar-refractivity contribution in [3.05, 3.63) is 248 Å². The fourth-order valence-electron chi connectivity index (χ4n) is 9.14. The van der Waals surface area contributed by atoms with Crippen molar-refractivity contribution in [3.8, 4) is 0 Å². The number of benzene rings is 8. The van der Waals surface area contributed by atoms with Gasteiger partial charge in [-0.3, -0.25) is 38.4 Å². The molecule has 0 atom stereocenters. The normalized spacial score (nSPS) is 10.4. The Kier molecular flexibility index (Phi) is 40.6. The lowest BCUT2D eigenvalue weighted by Crippen LogP contribution is -2.30. The molecule has 0 unspecified atom stereocenters. The highest BCUT2D eigenvalue weighted by Gasteiger charge is 2.14. The average molecular weight is 1600 g/mol. The van der Waals surface area contributed by atoms with Crippen LogP contribution in [0.2, 0.25) is 0 Å². The summed E-state index contributed by atoms with van der Waals surface area (Å²) in [7, 11) is 0. The van der Waals surface area contributed by atoms with Crippen molar-refractivity contribution in [1.29, 1.82) is 0 Å². The van der Waals surface area contributed by atoms with Crippen LogP contribution in [0.5, 0.6) is 0 Å². The van der Waals surface area contributed by atoms with E-state index in [-0.39, 0.29) is 47.3 Å². The van der Waals surface area contributed by atoms with Gasteiger partial charge in [0.2, 0.25) is 0 Å². The van der Waals surface area contributed by atoms with E-state index in [1.165, 1.54) is 0 Å². The second-order valence-corrected chi connectivity index (χ2v) is 27.4. The van der Waals surface area contributed by atoms with Crippen LogP contribution in [0.15, 0.2) is 199 Å². The van der Waals surface area contributed by atoms with Crippen molar-refractivity contribution >= 4 is 199 Å². The van der Waals surface area contributed by atoms with Crippen molar-refractivity contribution in [1.82, 2.24) is 42.5 Å². The maximum Gasteiger partial charge on any atom is 0.251 e. The van der Waals surface area contributed by atoms with Gasteiger partial charge in [0.15, 0.2) is 0 Å². The lowest BCUT2D eigenvalue weighted by molar-refractivity contribution is 0.0935. The lowest BCUT2D eigenvalue weighted by atomic mass is 10.1. The molecule has 28 heteroatoms. The van der Waals surface area contributed by atoms with Gasteiger partial charge in [0.25, 0.3) is 47.3 Å². The summed E-state index contributed by atoms with van der Waals surface area (Å²) in [6, 6.07) is 50.3. The van der Waals surface area contributed by atoms with Gasteiger partial charge in [-0.15, -0.1) is 75.8 Å². The number of carbonyl (C=O) groups excluding carboxylic acids is 8. The highest BCUT2D eigenvalue weighted by molar-refractivity contribution is 7.82. The molecule has 0 heterocycles. The first-order valence-corrected chi connectivity index (χ1v) is 38.5.